The van der Waals surface area contributed by atoms with Crippen LogP contribution in [0.25, 0.3) is 12.2 Å². The Labute approximate surface area is 467 Å². The Kier molecular flexibility index (Phi) is 38.5. The van der Waals surface area contributed by atoms with Crippen molar-refractivity contribution in [2.45, 2.75) is 276 Å². The summed E-state index contributed by atoms with van der Waals surface area (Å²) < 4.78 is 29.0. The third-order valence-electron chi connectivity index (χ3n) is 15.0. The van der Waals surface area contributed by atoms with Crippen molar-refractivity contribution in [3.05, 3.63) is 90.1 Å². The first-order valence-electron chi connectivity index (χ1n) is 30.0. The molecule has 3 aromatic rings. The quantitative estimate of drug-likeness (QED) is 0.0321. The number of sulfone groups is 1. The summed E-state index contributed by atoms with van der Waals surface area (Å²) in [5, 5.41) is 0. The highest BCUT2D eigenvalue weighted by molar-refractivity contribution is 14.1. The van der Waals surface area contributed by atoms with Gasteiger partial charge in [-0.15, -0.1) is 0 Å². The van der Waals surface area contributed by atoms with E-state index in [1.165, 1.54) is 250 Å². The Balaban J connectivity index is 1.14. The summed E-state index contributed by atoms with van der Waals surface area (Å²) >= 11 is 5.20. The van der Waals surface area contributed by atoms with E-state index >= 15 is 0 Å². The summed E-state index contributed by atoms with van der Waals surface area (Å²) in [5.74, 6) is 0.247. The van der Waals surface area contributed by atoms with Crippen molar-refractivity contribution < 1.29 is 8.42 Å². The molecule has 0 atom stereocenters. The number of nitrogens with zero attached hydrogens (tertiary/aromatic N) is 1. The van der Waals surface area contributed by atoms with Crippen LogP contribution in [0.3, 0.4) is 0 Å². The molecule has 3 nitrogen and oxygen atoms in total. The molecule has 0 aliphatic rings. The van der Waals surface area contributed by atoms with Gasteiger partial charge in [0.1, 0.15) is 0 Å². The SMILES string of the molecule is CCCCCCCCCCCCCCCCc1cc(I)c(CCCCCCCCCCCCN(C)c2ccc(/C=C/c3ccc(S(=O)(=O)CCCCCCCCCCCCCCCC)cc3)cc2)cc1I. The van der Waals surface area contributed by atoms with Crippen LogP contribution in [0.15, 0.2) is 65.6 Å². The summed E-state index contributed by atoms with van der Waals surface area (Å²) in [5.41, 5.74) is 6.56. The molecule has 0 aromatic heterocycles. The normalized spacial score (nSPS) is 11.9. The van der Waals surface area contributed by atoms with Crippen molar-refractivity contribution in [1.82, 2.24) is 0 Å². The lowest BCUT2D eigenvalue weighted by atomic mass is 10.0. The fraction of sp³-hybridized carbons (Fsp3) is 0.692. The second-order valence-corrected chi connectivity index (χ2v) is 25.9. The zero-order valence-electron chi connectivity index (χ0n) is 46.1. The van der Waals surface area contributed by atoms with Crippen LogP contribution < -0.4 is 4.90 Å². The molecule has 0 saturated heterocycles. The molecule has 3 aromatic carbocycles. The van der Waals surface area contributed by atoms with Crippen LogP contribution in [0.5, 0.6) is 0 Å². The number of anilines is 1. The Hall–Kier alpha value is -1.39. The molecule has 0 amide bonds. The van der Waals surface area contributed by atoms with Crippen molar-refractivity contribution in [3.8, 4) is 0 Å². The minimum atomic E-state index is -3.24. The first-order chi connectivity index (χ1) is 34.7. The highest BCUT2D eigenvalue weighted by Crippen LogP contribution is 2.26. The molecular weight excluding hydrogens is 1110 g/mol. The molecule has 0 bridgehead atoms. The largest absolute Gasteiger partial charge is 0.375 e. The van der Waals surface area contributed by atoms with Crippen LogP contribution in [0, 0.1) is 7.14 Å². The minimum Gasteiger partial charge on any atom is -0.375 e. The predicted octanol–water partition coefficient (Wildman–Crippen LogP) is 21.9. The highest BCUT2D eigenvalue weighted by Gasteiger charge is 2.14. The van der Waals surface area contributed by atoms with Gasteiger partial charge in [-0.1, -0.05) is 269 Å². The van der Waals surface area contributed by atoms with Gasteiger partial charge >= 0.3 is 0 Å². The van der Waals surface area contributed by atoms with Crippen molar-refractivity contribution >= 4 is 72.9 Å². The molecule has 402 valence electrons. The number of benzene rings is 3. The molecule has 0 fully saturated rings. The second kappa shape index (κ2) is 42.8. The van der Waals surface area contributed by atoms with Gasteiger partial charge in [-0.2, -0.15) is 0 Å². The van der Waals surface area contributed by atoms with Gasteiger partial charge in [-0.3, -0.25) is 0 Å². The van der Waals surface area contributed by atoms with Gasteiger partial charge in [0.15, 0.2) is 9.84 Å². The minimum absolute atomic E-state index is 0.247. The molecule has 0 unspecified atom stereocenters. The van der Waals surface area contributed by atoms with Crippen molar-refractivity contribution in [2.24, 2.45) is 0 Å². The zero-order chi connectivity index (χ0) is 50.9. The molecule has 0 N–H and O–H groups in total. The summed E-state index contributed by atoms with van der Waals surface area (Å²) in [7, 11) is -1.03. The molecule has 71 heavy (non-hydrogen) atoms. The molecule has 0 saturated carbocycles. The maximum Gasteiger partial charge on any atom is 0.178 e. The molecule has 0 heterocycles. The maximum atomic E-state index is 13.0. The summed E-state index contributed by atoms with van der Waals surface area (Å²) in [6.45, 7) is 5.67. The van der Waals surface area contributed by atoms with E-state index in [9.17, 15) is 8.42 Å². The Morgan fingerprint density at radius 2 is 0.690 bits per heavy atom. The summed E-state index contributed by atoms with van der Waals surface area (Å²) in [6, 6.07) is 21.2. The summed E-state index contributed by atoms with van der Waals surface area (Å²) in [6.07, 6.45) is 57.9. The first kappa shape index (κ1) is 63.9. The van der Waals surface area contributed by atoms with E-state index in [2.05, 4.69) is 120 Å². The van der Waals surface area contributed by atoms with Gasteiger partial charge in [0, 0.05) is 26.4 Å². The molecule has 0 radical (unpaired) electrons. The average Bonchev–Trinajstić information content (AvgIpc) is 3.37. The number of aryl methyl sites for hydroxylation is 2. The third kappa shape index (κ3) is 32.0. The molecule has 6 heteroatoms. The van der Waals surface area contributed by atoms with Gasteiger partial charge in [0.2, 0.25) is 0 Å². The average molecular weight is 1220 g/mol. The van der Waals surface area contributed by atoms with Crippen LogP contribution in [-0.2, 0) is 22.7 Å². The highest BCUT2D eigenvalue weighted by atomic mass is 127. The Morgan fingerprint density at radius 3 is 1.04 bits per heavy atom. The summed E-state index contributed by atoms with van der Waals surface area (Å²) in [4.78, 5) is 2.82. The smallest absolute Gasteiger partial charge is 0.178 e. The Morgan fingerprint density at radius 1 is 0.394 bits per heavy atom. The lowest BCUT2D eigenvalue weighted by molar-refractivity contribution is 0.535. The van der Waals surface area contributed by atoms with Crippen LogP contribution >= 0.6 is 45.2 Å². The van der Waals surface area contributed by atoms with Gasteiger partial charge < -0.3 is 4.90 Å². The van der Waals surface area contributed by atoms with Crippen molar-refractivity contribution in [1.29, 1.82) is 0 Å². The van der Waals surface area contributed by atoms with E-state index in [1.54, 1.807) is 23.3 Å². The van der Waals surface area contributed by atoms with Gasteiger partial charge in [-0.25, -0.2) is 8.42 Å². The molecular formula is C65H105I2NO2S. The van der Waals surface area contributed by atoms with Gasteiger partial charge in [0.05, 0.1) is 10.6 Å². The van der Waals surface area contributed by atoms with E-state index in [0.717, 1.165) is 36.9 Å². The van der Waals surface area contributed by atoms with Gasteiger partial charge in [0.25, 0.3) is 0 Å². The van der Waals surface area contributed by atoms with Crippen molar-refractivity contribution in [3.63, 3.8) is 0 Å². The first-order valence-corrected chi connectivity index (χ1v) is 33.8. The number of hydrogen-bond donors (Lipinski definition) is 0. The lowest BCUT2D eigenvalue weighted by Gasteiger charge is -2.19. The number of rotatable bonds is 47. The fourth-order valence-electron chi connectivity index (χ4n) is 10.2. The fourth-order valence-corrected chi connectivity index (χ4v) is 13.1. The number of unbranched alkanes of at least 4 members (excludes halogenated alkanes) is 35. The Bertz CT molecular complexity index is 1860. The van der Waals surface area contributed by atoms with Crippen LogP contribution in [0.1, 0.15) is 280 Å². The van der Waals surface area contributed by atoms with E-state index in [1.807, 2.05) is 12.1 Å². The maximum absolute atomic E-state index is 13.0. The monoisotopic (exact) mass is 1220 g/mol. The molecule has 0 aliphatic heterocycles. The molecule has 0 aliphatic carbocycles. The number of hydrogen-bond acceptors (Lipinski definition) is 3. The van der Waals surface area contributed by atoms with Crippen LogP contribution in [0.2, 0.25) is 0 Å². The third-order valence-corrected chi connectivity index (χ3v) is 18.8. The second-order valence-electron chi connectivity index (χ2n) is 21.5. The van der Waals surface area contributed by atoms with Crippen LogP contribution in [0.4, 0.5) is 5.69 Å². The van der Waals surface area contributed by atoms with E-state index in [4.69, 9.17) is 0 Å². The van der Waals surface area contributed by atoms with Gasteiger partial charge in [-0.05, 0) is 142 Å². The predicted molar refractivity (Wildman–Crippen MR) is 333 cm³/mol. The van der Waals surface area contributed by atoms with E-state index in [0.29, 0.717) is 4.90 Å². The molecule has 0 spiro atoms. The van der Waals surface area contributed by atoms with E-state index in [-0.39, 0.29) is 5.75 Å². The lowest BCUT2D eigenvalue weighted by Crippen LogP contribution is -2.18. The van der Waals surface area contributed by atoms with E-state index < -0.39 is 9.84 Å². The molecule has 3 rings (SSSR count). The zero-order valence-corrected chi connectivity index (χ0v) is 51.2. The number of halogens is 2. The van der Waals surface area contributed by atoms with Crippen LogP contribution in [-0.4, -0.2) is 27.8 Å². The van der Waals surface area contributed by atoms with Crippen molar-refractivity contribution in [2.75, 3.05) is 24.2 Å². The topological polar surface area (TPSA) is 37.4 Å². The standard InChI is InChI=1S/C65H105I2NO2S/c1-4-6-8-10-12-14-16-18-20-22-26-30-34-38-42-60-56-65(67)61(57-64(60)66)43-39-35-31-27-23-24-28-32-36-40-54-68(3)62-50-46-58(47-51-62)44-45-59-48-52-63(53-49-59)71(69,70)55-41-37-33-29-25-21-19-17-15-13-11-9-7-5-2/h44-53,56-57H,4-43,54-55H2,1-3H3/b45-44+.